The van der Waals surface area contributed by atoms with Gasteiger partial charge in [0.1, 0.15) is 6.61 Å². The second-order valence-electron chi connectivity index (χ2n) is 6.22. The summed E-state index contributed by atoms with van der Waals surface area (Å²) < 4.78 is 5.50. The predicted octanol–water partition coefficient (Wildman–Crippen LogP) is 5.67. The predicted molar refractivity (Wildman–Crippen MR) is 94.7 cm³/mol. The summed E-state index contributed by atoms with van der Waals surface area (Å²) in [6.45, 7) is 0.465. The summed E-state index contributed by atoms with van der Waals surface area (Å²) in [5.74, 6) is -0.174. The Labute approximate surface area is 142 Å². The Hall–Kier alpha value is -0.830. The van der Waals surface area contributed by atoms with Crippen LogP contribution in [0.2, 0.25) is 0 Å². The SMILES string of the molecule is O=C1OCC(Br)CCCCCCCCCCc2ccccc21. The van der Waals surface area contributed by atoms with E-state index in [1.165, 1.54) is 44.9 Å². The number of alkyl halides is 1. The molecule has 1 aromatic rings. The molecule has 122 valence electrons. The highest BCUT2D eigenvalue weighted by Gasteiger charge is 2.14. The summed E-state index contributed by atoms with van der Waals surface area (Å²) >= 11 is 3.63. The van der Waals surface area contributed by atoms with Crippen molar-refractivity contribution in [3.8, 4) is 0 Å². The molecule has 1 unspecified atom stereocenters. The molecule has 0 aromatic heterocycles. The molecule has 0 radical (unpaired) electrons. The largest absolute Gasteiger partial charge is 0.461 e. The summed E-state index contributed by atoms with van der Waals surface area (Å²) in [6, 6.07) is 7.89. The fourth-order valence-corrected chi connectivity index (χ4v) is 3.46. The van der Waals surface area contributed by atoms with Crippen LogP contribution in [0.3, 0.4) is 0 Å². The first-order valence-corrected chi connectivity index (χ1v) is 9.58. The third-order valence-corrected chi connectivity index (χ3v) is 5.07. The number of cyclic esters (lactones) is 1. The van der Waals surface area contributed by atoms with E-state index in [1.54, 1.807) is 0 Å². The number of rotatable bonds is 0. The number of benzene rings is 1. The van der Waals surface area contributed by atoms with E-state index in [4.69, 9.17) is 4.74 Å². The molecular formula is C19H27BrO2. The van der Waals surface area contributed by atoms with Crippen molar-refractivity contribution in [3.05, 3.63) is 35.4 Å². The Bertz CT molecular complexity index is 459. The lowest BCUT2D eigenvalue weighted by molar-refractivity contribution is 0.0504. The van der Waals surface area contributed by atoms with Crippen molar-refractivity contribution >= 4 is 21.9 Å². The van der Waals surface area contributed by atoms with E-state index < -0.39 is 0 Å². The zero-order valence-electron chi connectivity index (χ0n) is 13.4. The molecule has 1 aromatic carbocycles. The van der Waals surface area contributed by atoms with Gasteiger partial charge in [0.05, 0.1) is 5.56 Å². The Balaban J connectivity index is 1.99. The number of aryl methyl sites for hydroxylation is 1. The zero-order chi connectivity index (χ0) is 15.6. The molecule has 1 aliphatic heterocycles. The molecule has 2 nitrogen and oxygen atoms in total. The standard InChI is InChI=1S/C19H27BrO2/c20-17-13-8-6-4-2-1-3-5-7-11-16-12-9-10-14-18(16)19(21)22-15-17/h9-10,12,14,17H,1-8,11,13,15H2. The lowest BCUT2D eigenvalue weighted by Gasteiger charge is -2.13. The summed E-state index contributed by atoms with van der Waals surface area (Å²) in [6.07, 6.45) is 12.3. The molecule has 0 aliphatic carbocycles. The zero-order valence-corrected chi connectivity index (χ0v) is 14.9. The Morgan fingerprint density at radius 1 is 0.909 bits per heavy atom. The van der Waals surface area contributed by atoms with E-state index in [-0.39, 0.29) is 10.8 Å². The number of fused-ring (bicyclic) bond motifs is 1. The number of esters is 1. The van der Waals surface area contributed by atoms with Crippen LogP contribution in [0.15, 0.2) is 24.3 Å². The molecule has 2 rings (SSSR count). The Morgan fingerprint density at radius 3 is 2.32 bits per heavy atom. The Kier molecular flexibility index (Phi) is 8.00. The van der Waals surface area contributed by atoms with Gasteiger partial charge >= 0.3 is 5.97 Å². The third-order valence-electron chi connectivity index (χ3n) is 4.35. The summed E-state index contributed by atoms with van der Waals surface area (Å²) in [5.41, 5.74) is 1.88. The fraction of sp³-hybridized carbons (Fsp3) is 0.632. The number of hydrogen-bond acceptors (Lipinski definition) is 2. The number of hydrogen-bond donors (Lipinski definition) is 0. The maximum Gasteiger partial charge on any atom is 0.338 e. The van der Waals surface area contributed by atoms with Gasteiger partial charge in [0, 0.05) is 4.83 Å². The van der Waals surface area contributed by atoms with Crippen molar-refractivity contribution in [2.45, 2.75) is 69.0 Å². The normalized spacial score (nSPS) is 22.6. The van der Waals surface area contributed by atoms with Crippen LogP contribution in [-0.2, 0) is 11.2 Å². The molecule has 0 spiro atoms. The second kappa shape index (κ2) is 10.0. The van der Waals surface area contributed by atoms with Gasteiger partial charge in [-0.2, -0.15) is 0 Å². The molecule has 0 N–H and O–H groups in total. The number of carbonyl (C=O) groups is 1. The molecule has 0 amide bonds. The first-order chi connectivity index (χ1) is 10.8. The highest BCUT2D eigenvalue weighted by atomic mass is 79.9. The molecule has 0 bridgehead atoms. The van der Waals surface area contributed by atoms with E-state index in [0.29, 0.717) is 6.61 Å². The average molecular weight is 367 g/mol. The van der Waals surface area contributed by atoms with Gasteiger partial charge in [0.2, 0.25) is 0 Å². The van der Waals surface area contributed by atoms with E-state index >= 15 is 0 Å². The van der Waals surface area contributed by atoms with Crippen LogP contribution in [0.5, 0.6) is 0 Å². The average Bonchev–Trinajstić information content (AvgIpc) is 2.54. The molecule has 0 saturated heterocycles. The highest BCUT2D eigenvalue weighted by Crippen LogP contribution is 2.18. The minimum Gasteiger partial charge on any atom is -0.461 e. The van der Waals surface area contributed by atoms with Gasteiger partial charge in [-0.25, -0.2) is 4.79 Å². The first kappa shape index (κ1) is 17.5. The summed E-state index contributed by atoms with van der Waals surface area (Å²) in [5, 5.41) is 0. The van der Waals surface area contributed by atoms with Crippen molar-refractivity contribution in [1.29, 1.82) is 0 Å². The van der Waals surface area contributed by atoms with Gasteiger partial charge in [0.25, 0.3) is 0 Å². The van der Waals surface area contributed by atoms with Crippen molar-refractivity contribution in [2.75, 3.05) is 6.61 Å². The van der Waals surface area contributed by atoms with Gasteiger partial charge in [0.15, 0.2) is 0 Å². The lowest BCUT2D eigenvalue weighted by atomic mass is 10.00. The molecule has 22 heavy (non-hydrogen) atoms. The minimum atomic E-state index is -0.174. The summed E-state index contributed by atoms with van der Waals surface area (Å²) in [4.78, 5) is 12.6. The van der Waals surface area contributed by atoms with Crippen molar-refractivity contribution in [2.24, 2.45) is 0 Å². The van der Waals surface area contributed by atoms with E-state index in [0.717, 1.165) is 30.4 Å². The van der Waals surface area contributed by atoms with Crippen LogP contribution in [0.25, 0.3) is 0 Å². The van der Waals surface area contributed by atoms with Crippen molar-refractivity contribution in [1.82, 2.24) is 0 Å². The summed E-state index contributed by atoms with van der Waals surface area (Å²) in [7, 11) is 0. The van der Waals surface area contributed by atoms with Crippen molar-refractivity contribution in [3.63, 3.8) is 0 Å². The first-order valence-electron chi connectivity index (χ1n) is 8.66. The fourth-order valence-electron chi connectivity index (χ4n) is 3.01. The van der Waals surface area contributed by atoms with E-state index in [9.17, 15) is 4.79 Å². The van der Waals surface area contributed by atoms with Gasteiger partial charge in [-0.1, -0.05) is 79.1 Å². The minimum absolute atomic E-state index is 0.174. The van der Waals surface area contributed by atoms with Crippen LogP contribution < -0.4 is 0 Å². The maximum absolute atomic E-state index is 12.3. The van der Waals surface area contributed by atoms with Crippen LogP contribution in [-0.4, -0.2) is 17.4 Å². The van der Waals surface area contributed by atoms with E-state index in [2.05, 4.69) is 22.0 Å². The molecule has 0 saturated carbocycles. The van der Waals surface area contributed by atoms with Crippen LogP contribution >= 0.6 is 15.9 Å². The monoisotopic (exact) mass is 366 g/mol. The van der Waals surface area contributed by atoms with Gasteiger partial charge in [-0.15, -0.1) is 0 Å². The lowest BCUT2D eigenvalue weighted by Crippen LogP contribution is -2.15. The molecule has 1 aliphatic rings. The topological polar surface area (TPSA) is 26.3 Å². The number of halogens is 1. The molecule has 1 atom stereocenters. The van der Waals surface area contributed by atoms with Gasteiger partial charge < -0.3 is 4.74 Å². The van der Waals surface area contributed by atoms with Crippen LogP contribution in [0.4, 0.5) is 0 Å². The highest BCUT2D eigenvalue weighted by molar-refractivity contribution is 9.09. The van der Waals surface area contributed by atoms with Crippen molar-refractivity contribution < 1.29 is 9.53 Å². The van der Waals surface area contributed by atoms with Gasteiger partial charge in [-0.3, -0.25) is 0 Å². The number of carbonyl (C=O) groups excluding carboxylic acids is 1. The number of ether oxygens (including phenoxy) is 1. The molecule has 3 heteroatoms. The smallest absolute Gasteiger partial charge is 0.338 e. The van der Waals surface area contributed by atoms with Crippen LogP contribution in [0, 0.1) is 0 Å². The Morgan fingerprint density at radius 2 is 1.55 bits per heavy atom. The molecule has 1 heterocycles. The third kappa shape index (κ3) is 6.12. The second-order valence-corrected chi connectivity index (χ2v) is 7.51. The quantitative estimate of drug-likeness (QED) is 0.436. The van der Waals surface area contributed by atoms with Gasteiger partial charge in [-0.05, 0) is 30.9 Å². The molecular weight excluding hydrogens is 340 g/mol. The molecule has 0 fully saturated rings. The van der Waals surface area contributed by atoms with E-state index in [1.807, 2.05) is 18.2 Å². The maximum atomic E-state index is 12.3. The van der Waals surface area contributed by atoms with Crippen LogP contribution in [0.1, 0.15) is 73.7 Å².